The molecule has 0 aromatic carbocycles. The molecule has 0 bridgehead atoms. The molecule has 0 radical (unpaired) electrons. The van der Waals surface area contributed by atoms with E-state index >= 15 is 0 Å². The summed E-state index contributed by atoms with van der Waals surface area (Å²) in [5, 5.41) is 4.34. The Labute approximate surface area is 131 Å². The van der Waals surface area contributed by atoms with Crippen molar-refractivity contribution < 1.29 is 4.79 Å². The van der Waals surface area contributed by atoms with Crippen LogP contribution in [-0.4, -0.2) is 32.1 Å². The van der Waals surface area contributed by atoms with Gasteiger partial charge in [-0.15, -0.1) is 0 Å². The van der Waals surface area contributed by atoms with E-state index in [0.717, 1.165) is 24.9 Å². The molecule has 0 spiro atoms. The highest BCUT2D eigenvalue weighted by Gasteiger charge is 2.31. The lowest BCUT2D eigenvalue weighted by atomic mass is 10.1. The highest BCUT2D eigenvalue weighted by Crippen LogP contribution is 2.32. The fourth-order valence-corrected chi connectivity index (χ4v) is 2.91. The van der Waals surface area contributed by atoms with Gasteiger partial charge < -0.3 is 4.90 Å². The maximum absolute atomic E-state index is 12.8. The predicted molar refractivity (Wildman–Crippen MR) is 84.5 cm³/mol. The topological polar surface area (TPSA) is 51.0 Å². The van der Waals surface area contributed by atoms with E-state index < -0.39 is 0 Å². The van der Waals surface area contributed by atoms with Crippen molar-refractivity contribution in [2.75, 3.05) is 6.54 Å². The molecule has 1 amide bonds. The summed E-state index contributed by atoms with van der Waals surface area (Å²) in [6.07, 6.45) is 9.14. The van der Waals surface area contributed by atoms with Gasteiger partial charge in [-0.1, -0.05) is 0 Å². The maximum atomic E-state index is 12.8. The number of carbonyl (C=O) groups excluding carboxylic acids is 1. The SMILES string of the molecule is CC(C)(C)n1cc(C(=O)N2CCC[C@H]2c2ccncc2)cn1. The van der Waals surface area contributed by atoms with Crippen LogP contribution in [0.25, 0.3) is 0 Å². The van der Waals surface area contributed by atoms with E-state index in [-0.39, 0.29) is 17.5 Å². The standard InChI is InChI=1S/C17H22N4O/c1-17(2,3)21-12-14(11-19-21)16(22)20-10-4-5-15(20)13-6-8-18-9-7-13/h6-9,11-12,15H,4-5,10H2,1-3H3/t15-/m0/s1. The number of likely N-dealkylation sites (tertiary alicyclic amines) is 1. The Kier molecular flexibility index (Phi) is 3.72. The second kappa shape index (κ2) is 5.55. The van der Waals surface area contributed by atoms with Crippen LogP contribution in [-0.2, 0) is 5.54 Å². The normalized spacial score (nSPS) is 18.7. The Hall–Kier alpha value is -2.17. The number of rotatable bonds is 2. The van der Waals surface area contributed by atoms with Gasteiger partial charge in [-0.2, -0.15) is 5.10 Å². The second-order valence-electron chi connectivity index (χ2n) is 6.78. The third-order valence-electron chi connectivity index (χ3n) is 4.12. The molecular weight excluding hydrogens is 276 g/mol. The molecule has 2 aromatic heterocycles. The lowest BCUT2D eigenvalue weighted by molar-refractivity contribution is 0.0735. The Morgan fingerprint density at radius 1 is 1.27 bits per heavy atom. The smallest absolute Gasteiger partial charge is 0.257 e. The van der Waals surface area contributed by atoms with E-state index in [1.165, 1.54) is 0 Å². The van der Waals surface area contributed by atoms with Crippen LogP contribution in [0.5, 0.6) is 0 Å². The first-order valence-electron chi connectivity index (χ1n) is 7.73. The van der Waals surface area contributed by atoms with Crippen molar-refractivity contribution in [2.45, 2.75) is 45.2 Å². The van der Waals surface area contributed by atoms with Crippen molar-refractivity contribution in [3.05, 3.63) is 48.0 Å². The molecule has 3 heterocycles. The maximum Gasteiger partial charge on any atom is 0.257 e. The zero-order chi connectivity index (χ0) is 15.7. The minimum atomic E-state index is -0.117. The minimum absolute atomic E-state index is 0.0646. The molecule has 0 N–H and O–H groups in total. The molecule has 0 aliphatic carbocycles. The average Bonchev–Trinajstić information content (AvgIpc) is 3.16. The lowest BCUT2D eigenvalue weighted by Crippen LogP contribution is -2.30. The number of aromatic nitrogens is 3. The zero-order valence-corrected chi connectivity index (χ0v) is 13.4. The van der Waals surface area contributed by atoms with Crippen LogP contribution < -0.4 is 0 Å². The van der Waals surface area contributed by atoms with Crippen LogP contribution >= 0.6 is 0 Å². The Morgan fingerprint density at radius 2 is 2.00 bits per heavy atom. The number of hydrogen-bond acceptors (Lipinski definition) is 3. The first-order valence-corrected chi connectivity index (χ1v) is 7.73. The fraction of sp³-hybridized carbons (Fsp3) is 0.471. The number of amides is 1. The highest BCUT2D eigenvalue weighted by atomic mass is 16.2. The quantitative estimate of drug-likeness (QED) is 0.856. The number of hydrogen-bond donors (Lipinski definition) is 0. The molecule has 5 heteroatoms. The van der Waals surface area contributed by atoms with Gasteiger partial charge in [0.25, 0.3) is 5.91 Å². The average molecular weight is 298 g/mol. The Balaban J connectivity index is 1.84. The molecular formula is C17H22N4O. The molecule has 1 aliphatic heterocycles. The van der Waals surface area contributed by atoms with Gasteiger partial charge >= 0.3 is 0 Å². The lowest BCUT2D eigenvalue weighted by Gasteiger charge is -2.24. The summed E-state index contributed by atoms with van der Waals surface area (Å²) in [7, 11) is 0. The van der Waals surface area contributed by atoms with E-state index in [9.17, 15) is 4.79 Å². The molecule has 22 heavy (non-hydrogen) atoms. The van der Waals surface area contributed by atoms with E-state index in [0.29, 0.717) is 5.56 Å². The van der Waals surface area contributed by atoms with Gasteiger partial charge in [-0.25, -0.2) is 0 Å². The summed E-state index contributed by atoms with van der Waals surface area (Å²) in [6, 6.07) is 4.14. The summed E-state index contributed by atoms with van der Waals surface area (Å²) < 4.78 is 1.84. The van der Waals surface area contributed by atoms with Crippen molar-refractivity contribution in [1.82, 2.24) is 19.7 Å². The molecule has 5 nitrogen and oxygen atoms in total. The van der Waals surface area contributed by atoms with E-state index in [1.807, 2.05) is 27.9 Å². The van der Waals surface area contributed by atoms with E-state index in [4.69, 9.17) is 0 Å². The Morgan fingerprint density at radius 3 is 2.64 bits per heavy atom. The molecule has 3 rings (SSSR count). The molecule has 2 aromatic rings. The fourth-order valence-electron chi connectivity index (χ4n) is 2.91. The van der Waals surface area contributed by atoms with Crippen LogP contribution in [0.3, 0.4) is 0 Å². The van der Waals surface area contributed by atoms with Crippen LogP contribution in [0, 0.1) is 0 Å². The van der Waals surface area contributed by atoms with Crippen LogP contribution in [0.2, 0.25) is 0 Å². The minimum Gasteiger partial charge on any atom is -0.332 e. The molecule has 0 unspecified atom stereocenters. The number of nitrogens with zero attached hydrogens (tertiary/aromatic N) is 4. The van der Waals surface area contributed by atoms with Gasteiger partial charge in [0.1, 0.15) is 0 Å². The van der Waals surface area contributed by atoms with Gasteiger partial charge in [0.2, 0.25) is 0 Å². The number of pyridine rings is 1. The highest BCUT2D eigenvalue weighted by molar-refractivity contribution is 5.94. The first-order chi connectivity index (χ1) is 10.5. The van der Waals surface area contributed by atoms with Gasteiger partial charge in [-0.05, 0) is 51.3 Å². The van der Waals surface area contributed by atoms with Crippen LogP contribution in [0.15, 0.2) is 36.9 Å². The molecule has 1 aliphatic rings. The number of carbonyl (C=O) groups is 1. The van der Waals surface area contributed by atoms with Crippen molar-refractivity contribution in [3.8, 4) is 0 Å². The van der Waals surface area contributed by atoms with Gasteiger partial charge in [-0.3, -0.25) is 14.5 Å². The molecule has 0 saturated carbocycles. The third kappa shape index (κ3) is 2.75. The van der Waals surface area contributed by atoms with Crippen molar-refractivity contribution >= 4 is 5.91 Å². The van der Waals surface area contributed by atoms with Crippen LogP contribution in [0.4, 0.5) is 0 Å². The van der Waals surface area contributed by atoms with E-state index in [1.54, 1.807) is 18.6 Å². The van der Waals surface area contributed by atoms with Crippen molar-refractivity contribution in [3.63, 3.8) is 0 Å². The predicted octanol–water partition coefficient (Wildman–Crippen LogP) is 3.01. The third-order valence-corrected chi connectivity index (χ3v) is 4.12. The molecule has 1 fully saturated rings. The molecule has 1 saturated heterocycles. The largest absolute Gasteiger partial charge is 0.332 e. The van der Waals surface area contributed by atoms with E-state index in [2.05, 4.69) is 30.9 Å². The first kappa shape index (κ1) is 14.8. The van der Waals surface area contributed by atoms with Crippen molar-refractivity contribution in [2.24, 2.45) is 0 Å². The molecule has 116 valence electrons. The van der Waals surface area contributed by atoms with Gasteiger partial charge in [0, 0.05) is 25.1 Å². The summed E-state index contributed by atoms with van der Waals surface area (Å²) in [5.74, 6) is 0.0646. The van der Waals surface area contributed by atoms with Gasteiger partial charge in [0.05, 0.1) is 23.3 Å². The summed E-state index contributed by atoms with van der Waals surface area (Å²) in [6.45, 7) is 7.02. The summed E-state index contributed by atoms with van der Waals surface area (Å²) >= 11 is 0. The van der Waals surface area contributed by atoms with Crippen LogP contribution in [0.1, 0.15) is 55.6 Å². The Bertz CT molecular complexity index is 657. The zero-order valence-electron chi connectivity index (χ0n) is 13.4. The molecule has 1 atom stereocenters. The monoisotopic (exact) mass is 298 g/mol. The second-order valence-corrected chi connectivity index (χ2v) is 6.78. The van der Waals surface area contributed by atoms with Gasteiger partial charge in [0.15, 0.2) is 0 Å². The summed E-state index contributed by atoms with van der Waals surface area (Å²) in [4.78, 5) is 18.8. The summed E-state index contributed by atoms with van der Waals surface area (Å²) in [5.41, 5.74) is 1.70. The van der Waals surface area contributed by atoms with Crippen molar-refractivity contribution in [1.29, 1.82) is 0 Å².